The third kappa shape index (κ3) is 6.13. The second kappa shape index (κ2) is 10.1. The van der Waals surface area contributed by atoms with E-state index in [1.165, 1.54) is 48.3 Å². The van der Waals surface area contributed by atoms with E-state index in [-0.39, 0.29) is 23.9 Å². The Kier molecular flexibility index (Phi) is 7.42. The van der Waals surface area contributed by atoms with E-state index in [4.69, 9.17) is 4.74 Å². The minimum Gasteiger partial charge on any atom is -0.462 e. The number of anilines is 1. The molecule has 11 heteroatoms. The van der Waals surface area contributed by atoms with Gasteiger partial charge in [0.25, 0.3) is 0 Å². The van der Waals surface area contributed by atoms with E-state index in [1.807, 2.05) is 0 Å². The van der Waals surface area contributed by atoms with Crippen molar-refractivity contribution in [3.63, 3.8) is 0 Å². The molecule has 1 saturated heterocycles. The van der Waals surface area contributed by atoms with Crippen molar-refractivity contribution in [2.75, 3.05) is 19.0 Å². The second-order valence-electron chi connectivity index (χ2n) is 6.99. The Morgan fingerprint density at radius 1 is 1.21 bits per heavy atom. The van der Waals surface area contributed by atoms with Gasteiger partial charge in [0.1, 0.15) is 5.25 Å². The molecule has 1 atom stereocenters. The number of benzene rings is 2. The topological polar surface area (TPSA) is 88.1 Å². The van der Waals surface area contributed by atoms with Crippen LogP contribution in [0.3, 0.4) is 0 Å². The van der Waals surface area contributed by atoms with E-state index in [0.717, 1.165) is 23.9 Å². The zero-order valence-electron chi connectivity index (χ0n) is 17.7. The van der Waals surface area contributed by atoms with E-state index < -0.39 is 34.8 Å². The van der Waals surface area contributed by atoms with Gasteiger partial charge in [0, 0.05) is 19.2 Å². The molecule has 1 aliphatic heterocycles. The lowest BCUT2D eigenvalue weighted by Crippen LogP contribution is -2.43. The molecular formula is C22H20F3N3O4S. The third-order valence-corrected chi connectivity index (χ3v) is 5.86. The molecule has 3 rings (SSSR count). The number of aliphatic imine (C=N–C) groups is 1. The summed E-state index contributed by atoms with van der Waals surface area (Å²) in [6.45, 7) is 1.93. The molecule has 1 fully saturated rings. The van der Waals surface area contributed by atoms with Crippen LogP contribution in [0, 0.1) is 0 Å². The van der Waals surface area contributed by atoms with Crippen LogP contribution in [-0.2, 0) is 20.5 Å². The van der Waals surface area contributed by atoms with Gasteiger partial charge in [-0.2, -0.15) is 13.2 Å². The van der Waals surface area contributed by atoms with E-state index >= 15 is 0 Å². The molecule has 0 spiro atoms. The van der Waals surface area contributed by atoms with E-state index in [2.05, 4.69) is 10.3 Å². The van der Waals surface area contributed by atoms with Crippen molar-refractivity contribution in [3.8, 4) is 0 Å². The van der Waals surface area contributed by atoms with Gasteiger partial charge in [0.2, 0.25) is 11.8 Å². The maximum absolute atomic E-state index is 13.0. The van der Waals surface area contributed by atoms with Crippen LogP contribution in [0.2, 0.25) is 0 Å². The van der Waals surface area contributed by atoms with Gasteiger partial charge in [-0.05, 0) is 49.4 Å². The van der Waals surface area contributed by atoms with Crippen LogP contribution in [0.4, 0.5) is 24.5 Å². The molecule has 0 aromatic heterocycles. The Morgan fingerprint density at radius 2 is 1.91 bits per heavy atom. The molecular weight excluding hydrogens is 459 g/mol. The molecule has 1 heterocycles. The Morgan fingerprint density at radius 3 is 2.55 bits per heavy atom. The van der Waals surface area contributed by atoms with E-state index in [0.29, 0.717) is 11.3 Å². The number of nitrogens with one attached hydrogen (secondary N) is 1. The maximum Gasteiger partial charge on any atom is 0.416 e. The lowest BCUT2D eigenvalue weighted by molar-refractivity contribution is -0.137. The average molecular weight is 479 g/mol. The fraction of sp³-hybridized carbons (Fsp3) is 0.273. The highest BCUT2D eigenvalue weighted by Crippen LogP contribution is 2.33. The molecule has 33 heavy (non-hydrogen) atoms. The monoisotopic (exact) mass is 479 g/mol. The molecule has 0 aliphatic carbocycles. The highest BCUT2D eigenvalue weighted by atomic mass is 32.2. The summed E-state index contributed by atoms with van der Waals surface area (Å²) in [6, 6.07) is 10.5. The number of carbonyl (C=O) groups excluding carboxylic acids is 3. The Labute approximate surface area is 192 Å². The van der Waals surface area contributed by atoms with Crippen LogP contribution in [0.1, 0.15) is 29.3 Å². The van der Waals surface area contributed by atoms with Crippen molar-refractivity contribution < 1.29 is 32.3 Å². The van der Waals surface area contributed by atoms with Crippen LogP contribution in [-0.4, -0.2) is 46.8 Å². The first-order chi connectivity index (χ1) is 15.6. The number of ether oxygens (including phenoxy) is 1. The molecule has 0 radical (unpaired) electrons. The summed E-state index contributed by atoms with van der Waals surface area (Å²) in [4.78, 5) is 42.2. The predicted octanol–water partition coefficient (Wildman–Crippen LogP) is 4.47. The number of hydrogen-bond acceptors (Lipinski definition) is 6. The number of carbonyl (C=O) groups is 3. The van der Waals surface area contributed by atoms with Gasteiger partial charge in [0.15, 0.2) is 5.17 Å². The van der Waals surface area contributed by atoms with Gasteiger partial charge < -0.3 is 10.1 Å². The molecule has 1 aliphatic rings. The summed E-state index contributed by atoms with van der Waals surface area (Å²) >= 11 is 0.981. The van der Waals surface area contributed by atoms with Gasteiger partial charge in [-0.15, -0.1) is 0 Å². The van der Waals surface area contributed by atoms with Crippen molar-refractivity contribution in [1.29, 1.82) is 0 Å². The van der Waals surface area contributed by atoms with Crippen molar-refractivity contribution >= 4 is 46.1 Å². The van der Waals surface area contributed by atoms with E-state index in [1.54, 1.807) is 6.92 Å². The summed E-state index contributed by atoms with van der Waals surface area (Å²) in [5.74, 6) is -1.35. The van der Waals surface area contributed by atoms with Gasteiger partial charge in [-0.25, -0.2) is 9.79 Å². The van der Waals surface area contributed by atoms with Gasteiger partial charge in [0.05, 0.1) is 23.4 Å². The first kappa shape index (κ1) is 24.3. The van der Waals surface area contributed by atoms with Crippen LogP contribution in [0.15, 0.2) is 53.5 Å². The molecule has 0 bridgehead atoms. The number of thioether (sulfide) groups is 1. The molecule has 7 nitrogen and oxygen atoms in total. The second-order valence-corrected chi connectivity index (χ2v) is 8.16. The van der Waals surface area contributed by atoms with Crippen molar-refractivity contribution in [3.05, 3.63) is 59.7 Å². The Balaban J connectivity index is 1.74. The maximum atomic E-state index is 13.0. The largest absolute Gasteiger partial charge is 0.462 e. The Hall–Kier alpha value is -3.34. The number of amidine groups is 1. The molecule has 2 aromatic rings. The minimum atomic E-state index is -4.52. The van der Waals surface area contributed by atoms with Crippen molar-refractivity contribution in [1.82, 2.24) is 4.90 Å². The standard InChI is InChI=1S/C22H20F3N3O4S/c1-3-32-20(31)13-7-9-15(10-8-13)26-19(30)17-12-18(29)28(2)21(33-17)27-16-6-4-5-14(11-16)22(23,24)25/h4-11,17H,3,12H2,1-2H3,(H,26,30)/t17-/m0/s1. The van der Waals surface area contributed by atoms with Crippen molar-refractivity contribution in [2.45, 2.75) is 24.8 Å². The average Bonchev–Trinajstić information content (AvgIpc) is 2.77. The number of rotatable bonds is 5. The normalized spacial score (nSPS) is 17.7. The zero-order chi connectivity index (χ0) is 24.2. The number of amides is 2. The van der Waals surface area contributed by atoms with Crippen LogP contribution in [0.25, 0.3) is 0 Å². The highest BCUT2D eigenvalue weighted by Gasteiger charge is 2.34. The van der Waals surface area contributed by atoms with Crippen LogP contribution >= 0.6 is 11.8 Å². The Bertz CT molecular complexity index is 1090. The lowest BCUT2D eigenvalue weighted by Gasteiger charge is -2.28. The summed E-state index contributed by atoms with van der Waals surface area (Å²) in [5, 5.41) is 1.96. The third-order valence-electron chi connectivity index (χ3n) is 4.62. The van der Waals surface area contributed by atoms with Gasteiger partial charge >= 0.3 is 12.1 Å². The van der Waals surface area contributed by atoms with E-state index in [9.17, 15) is 27.6 Å². The minimum absolute atomic E-state index is 0.0163. The first-order valence-corrected chi connectivity index (χ1v) is 10.7. The number of esters is 1. The molecule has 174 valence electrons. The highest BCUT2D eigenvalue weighted by molar-refractivity contribution is 8.15. The molecule has 1 N–H and O–H groups in total. The molecule has 2 amide bonds. The summed E-state index contributed by atoms with van der Waals surface area (Å²) in [6.07, 6.45) is -4.63. The SMILES string of the molecule is CCOC(=O)c1ccc(NC(=O)[C@@H]2CC(=O)N(C)C(=Nc3cccc(C(F)(F)F)c3)S2)cc1. The zero-order valence-corrected chi connectivity index (χ0v) is 18.5. The summed E-state index contributed by atoms with van der Waals surface area (Å²) < 4.78 is 43.8. The number of hydrogen-bond donors (Lipinski definition) is 1. The predicted molar refractivity (Wildman–Crippen MR) is 118 cm³/mol. The lowest BCUT2D eigenvalue weighted by atomic mass is 10.2. The van der Waals surface area contributed by atoms with Crippen LogP contribution < -0.4 is 5.32 Å². The fourth-order valence-corrected chi connectivity index (χ4v) is 3.95. The molecule has 2 aromatic carbocycles. The van der Waals surface area contributed by atoms with Gasteiger partial charge in [-0.3, -0.25) is 14.5 Å². The fourth-order valence-electron chi connectivity index (χ4n) is 2.89. The van der Waals surface area contributed by atoms with Crippen LogP contribution in [0.5, 0.6) is 0 Å². The number of nitrogens with zero attached hydrogens (tertiary/aromatic N) is 2. The smallest absolute Gasteiger partial charge is 0.416 e. The van der Waals surface area contributed by atoms with Gasteiger partial charge in [-0.1, -0.05) is 17.8 Å². The number of alkyl halides is 3. The summed E-state index contributed by atoms with van der Waals surface area (Å²) in [5.41, 5.74) is -0.104. The first-order valence-electron chi connectivity index (χ1n) is 9.85. The summed E-state index contributed by atoms with van der Waals surface area (Å²) in [7, 11) is 1.45. The quantitative estimate of drug-likeness (QED) is 0.640. The number of halogens is 3. The molecule has 0 saturated carbocycles. The van der Waals surface area contributed by atoms with Crippen molar-refractivity contribution in [2.24, 2.45) is 4.99 Å². The molecule has 0 unspecified atom stereocenters.